The topological polar surface area (TPSA) is 17.1 Å². The van der Waals surface area contributed by atoms with Crippen LogP contribution in [0.15, 0.2) is 0 Å². The van der Waals surface area contributed by atoms with E-state index >= 15 is 0 Å². The van der Waals surface area contributed by atoms with Gasteiger partial charge in [-0.25, -0.2) is 0 Å². The molecule has 0 aromatic rings. The Labute approximate surface area is 52.9 Å². The van der Waals surface area contributed by atoms with Crippen LogP contribution < -0.4 is 0 Å². The van der Waals surface area contributed by atoms with Crippen LogP contribution in [-0.4, -0.2) is 7.90 Å². The molecule has 0 rings (SSSR count). The normalized spacial score (nSPS) is 11.8. The molecule has 5 heavy (non-hydrogen) atoms. The number of hydrogen-bond acceptors (Lipinski definition) is 1. The summed E-state index contributed by atoms with van der Waals surface area (Å²) in [6.07, 6.45) is 0. The average Bonchev–Trinajstić information content (AvgIpc) is 0.722. The van der Waals surface area contributed by atoms with Gasteiger partial charge in [-0.1, -0.05) is 0 Å². The van der Waals surface area contributed by atoms with Gasteiger partial charge in [0.2, 0.25) is 0 Å². The molecule has 0 bridgehead atoms. The first-order valence-electron chi connectivity index (χ1n) is 0.690. The molecule has 0 aliphatic carbocycles. The third-order valence-electron chi connectivity index (χ3n) is 0. The molecular weight excluding hydrogens is 331 g/mol. The van der Waals surface area contributed by atoms with Crippen LogP contribution in [0.1, 0.15) is 0 Å². The zero-order valence-corrected chi connectivity index (χ0v) is 8.62. The van der Waals surface area contributed by atoms with Crippen LogP contribution in [0.2, 0.25) is 0 Å². The SMILES string of the molecule is O=[As](Br)(Br)Br. The van der Waals surface area contributed by atoms with Crippen molar-refractivity contribution in [3.63, 3.8) is 0 Å². The molecule has 32 valence electrons. The Hall–Kier alpha value is 1.80. The van der Waals surface area contributed by atoms with Crippen molar-refractivity contribution in [2.45, 2.75) is 0 Å². The van der Waals surface area contributed by atoms with Crippen LogP contribution >= 0.6 is 41.8 Å². The number of hydrogen-bond donors (Lipinski definition) is 0. The minimum atomic E-state index is -2.69. The van der Waals surface area contributed by atoms with Crippen molar-refractivity contribution in [1.82, 2.24) is 0 Å². The summed E-state index contributed by atoms with van der Waals surface area (Å²) in [6.45, 7) is 0. The second-order valence-corrected chi connectivity index (χ2v) is 32.5. The maximum atomic E-state index is 10.0. The van der Waals surface area contributed by atoms with Crippen LogP contribution in [-0.2, 0) is 3.74 Å². The molecule has 0 unspecified atom stereocenters. The second-order valence-electron chi connectivity index (χ2n) is 0.399. The number of rotatable bonds is 0. The molecule has 0 radical (unpaired) electrons. The zero-order valence-electron chi connectivity index (χ0n) is 1.99. The summed E-state index contributed by atoms with van der Waals surface area (Å²) in [5.74, 6) is 0. The fraction of sp³-hybridized carbons (Fsp3) is 0. The third-order valence-corrected chi connectivity index (χ3v) is 0. The van der Waals surface area contributed by atoms with E-state index in [1.54, 1.807) is 0 Å². The molecule has 0 N–H and O–H groups in total. The Morgan fingerprint density at radius 2 is 1.20 bits per heavy atom. The molecule has 0 heterocycles. The van der Waals surface area contributed by atoms with Crippen LogP contribution in [0.4, 0.5) is 0 Å². The van der Waals surface area contributed by atoms with E-state index in [-0.39, 0.29) is 0 Å². The molecule has 0 saturated heterocycles. The molecule has 1 nitrogen and oxygen atoms in total. The van der Waals surface area contributed by atoms with Crippen molar-refractivity contribution in [2.75, 3.05) is 0 Å². The Morgan fingerprint density at radius 1 is 1.20 bits per heavy atom. The fourth-order valence-electron chi connectivity index (χ4n) is 0. The summed E-state index contributed by atoms with van der Waals surface area (Å²) >= 11 is 8.47. The van der Waals surface area contributed by atoms with Crippen molar-refractivity contribution < 1.29 is 3.74 Å². The van der Waals surface area contributed by atoms with Crippen LogP contribution in [0.5, 0.6) is 0 Å². The predicted molar refractivity (Wildman–Crippen MR) is 33.2 cm³/mol. The Balaban J connectivity index is 3.47. The van der Waals surface area contributed by atoms with Gasteiger partial charge in [-0.15, -0.1) is 0 Å². The van der Waals surface area contributed by atoms with Crippen LogP contribution in [0.25, 0.3) is 0 Å². The molecule has 0 aliphatic heterocycles. The van der Waals surface area contributed by atoms with E-state index in [9.17, 15) is 3.74 Å². The van der Waals surface area contributed by atoms with E-state index in [0.717, 1.165) is 0 Å². The summed E-state index contributed by atoms with van der Waals surface area (Å²) in [6, 6.07) is 0. The molecule has 0 fully saturated rings. The third kappa shape index (κ3) is 25.9. The summed E-state index contributed by atoms with van der Waals surface area (Å²) < 4.78 is 10.0. The molecule has 5 heteroatoms. The van der Waals surface area contributed by atoms with Crippen molar-refractivity contribution in [3.05, 3.63) is 0 Å². The standard InChI is InChI=1S/AsBr3O/c2-1(3,4)5. The second kappa shape index (κ2) is 2.20. The van der Waals surface area contributed by atoms with Gasteiger partial charge in [-0.3, -0.25) is 0 Å². The molecular formula is AsBr3O. The van der Waals surface area contributed by atoms with Gasteiger partial charge in [-0.2, -0.15) is 0 Å². The van der Waals surface area contributed by atoms with Gasteiger partial charge in [0.1, 0.15) is 0 Å². The summed E-state index contributed by atoms with van der Waals surface area (Å²) in [7, 11) is -2.69. The Morgan fingerprint density at radius 3 is 1.20 bits per heavy atom. The monoisotopic (exact) mass is 328 g/mol. The average molecular weight is 331 g/mol. The molecule has 0 aromatic carbocycles. The van der Waals surface area contributed by atoms with Crippen molar-refractivity contribution in [3.8, 4) is 0 Å². The van der Waals surface area contributed by atoms with Gasteiger partial charge in [0.05, 0.1) is 0 Å². The molecule has 0 amide bonds. The van der Waals surface area contributed by atoms with E-state index in [4.69, 9.17) is 0 Å². The van der Waals surface area contributed by atoms with Crippen molar-refractivity contribution in [1.29, 1.82) is 0 Å². The first-order chi connectivity index (χ1) is 2.00. The quantitative estimate of drug-likeness (QED) is 0.621. The van der Waals surface area contributed by atoms with Crippen molar-refractivity contribution in [2.24, 2.45) is 0 Å². The van der Waals surface area contributed by atoms with E-state index < -0.39 is 7.90 Å². The van der Waals surface area contributed by atoms with Gasteiger partial charge in [0.15, 0.2) is 0 Å². The molecule has 0 aromatic heterocycles. The minimum absolute atomic E-state index is 2.69. The van der Waals surface area contributed by atoms with Crippen molar-refractivity contribution >= 4 is 49.7 Å². The Kier molecular flexibility index (Phi) is 2.98. The van der Waals surface area contributed by atoms with Gasteiger partial charge < -0.3 is 0 Å². The molecule has 0 spiro atoms. The van der Waals surface area contributed by atoms with Gasteiger partial charge in [-0.05, 0) is 0 Å². The number of halogens is 3. The fourth-order valence-corrected chi connectivity index (χ4v) is 0. The summed E-state index contributed by atoms with van der Waals surface area (Å²) in [5, 5.41) is 0. The Bertz CT molecular complexity index is 53.0. The van der Waals surface area contributed by atoms with E-state index in [0.29, 0.717) is 0 Å². The first kappa shape index (κ1) is 6.80. The maximum absolute atomic E-state index is 10.0. The predicted octanol–water partition coefficient (Wildman–Crippen LogP) is 2.04. The first-order valence-corrected chi connectivity index (χ1v) is 14.6. The van der Waals surface area contributed by atoms with E-state index in [2.05, 4.69) is 41.8 Å². The van der Waals surface area contributed by atoms with Gasteiger partial charge in [0.25, 0.3) is 0 Å². The zero-order chi connectivity index (χ0) is 4.50. The van der Waals surface area contributed by atoms with Gasteiger partial charge >= 0.3 is 53.4 Å². The van der Waals surface area contributed by atoms with E-state index in [1.807, 2.05) is 0 Å². The molecule has 0 aliphatic rings. The molecule has 0 atom stereocenters. The molecule has 0 saturated carbocycles. The van der Waals surface area contributed by atoms with Gasteiger partial charge in [0, 0.05) is 0 Å². The van der Waals surface area contributed by atoms with Crippen LogP contribution in [0.3, 0.4) is 0 Å². The van der Waals surface area contributed by atoms with Crippen LogP contribution in [0, 0.1) is 0 Å². The van der Waals surface area contributed by atoms with E-state index in [1.165, 1.54) is 0 Å². The summed E-state index contributed by atoms with van der Waals surface area (Å²) in [4.78, 5) is 0. The summed E-state index contributed by atoms with van der Waals surface area (Å²) in [5.41, 5.74) is 0.